The van der Waals surface area contributed by atoms with Crippen LogP contribution in [0, 0.1) is 0 Å². The minimum Gasteiger partial charge on any atom is -0.481 e. The molecule has 0 saturated heterocycles. The number of hydrogen-bond acceptors (Lipinski definition) is 5. The van der Waals surface area contributed by atoms with Crippen molar-refractivity contribution < 1.29 is 19.5 Å². The van der Waals surface area contributed by atoms with Gasteiger partial charge in [-0.05, 0) is 0 Å². The molecule has 1 aromatic rings. The van der Waals surface area contributed by atoms with E-state index in [1.54, 1.807) is 0 Å². The monoisotopic (exact) mass is 223 g/mol. The first-order chi connectivity index (χ1) is 7.49. The minimum atomic E-state index is -1.20. The van der Waals surface area contributed by atoms with Crippen molar-refractivity contribution in [3.63, 3.8) is 0 Å². The van der Waals surface area contributed by atoms with Crippen molar-refractivity contribution in [1.82, 2.24) is 15.3 Å². The number of H-pyrrole nitrogens is 1. The highest BCUT2D eigenvalue weighted by Crippen LogP contribution is 2.08. The van der Waals surface area contributed by atoms with Gasteiger partial charge in [0.2, 0.25) is 0 Å². The number of imide groups is 1. The molecule has 1 aliphatic rings. The van der Waals surface area contributed by atoms with Gasteiger partial charge in [0.1, 0.15) is 23.5 Å². The highest BCUT2D eigenvalue weighted by atomic mass is 16.4. The lowest BCUT2D eigenvalue weighted by Gasteiger charge is -1.98. The lowest BCUT2D eigenvalue weighted by atomic mass is 10.2. The molecule has 0 radical (unpaired) electrons. The van der Waals surface area contributed by atoms with Gasteiger partial charge in [-0.1, -0.05) is 0 Å². The molecule has 8 heteroatoms. The van der Waals surface area contributed by atoms with Gasteiger partial charge in [0, 0.05) is 0 Å². The molecule has 82 valence electrons. The van der Waals surface area contributed by atoms with E-state index in [0.717, 1.165) is 0 Å². The number of carboxylic acids is 1. The number of carbonyl (C=O) groups excluding carboxylic acids is 2. The Kier molecular flexibility index (Phi) is 2.04. The second-order valence-corrected chi connectivity index (χ2v) is 3.09. The number of carboxylic acid groups (broad SMARTS) is 1. The first-order valence-electron chi connectivity index (χ1n) is 4.19. The Morgan fingerprint density at radius 3 is 2.56 bits per heavy atom. The van der Waals surface area contributed by atoms with E-state index in [0.29, 0.717) is 0 Å². The van der Waals surface area contributed by atoms with Crippen molar-refractivity contribution >= 4 is 17.8 Å². The first kappa shape index (κ1) is 10.0. The number of nitrogens with one attached hydrogen (secondary N) is 2. The fraction of sp³-hybridized carbons (Fsp3) is 0.125. The number of hydrogen-bond donors (Lipinski definition) is 3. The molecule has 0 aliphatic carbocycles. The van der Waals surface area contributed by atoms with E-state index in [1.807, 2.05) is 5.32 Å². The minimum absolute atomic E-state index is 0.166. The summed E-state index contributed by atoms with van der Waals surface area (Å²) in [4.78, 5) is 49.8. The Morgan fingerprint density at radius 1 is 1.25 bits per heavy atom. The number of aromatic nitrogens is 2. The molecule has 0 spiro atoms. The Balaban J connectivity index is 2.59. The topological polar surface area (TPSA) is 129 Å². The molecule has 0 bridgehead atoms. The summed E-state index contributed by atoms with van der Waals surface area (Å²) in [5.41, 5.74) is -1.52. The van der Waals surface area contributed by atoms with Gasteiger partial charge in [-0.25, -0.2) is 4.98 Å². The molecule has 2 heterocycles. The Bertz CT molecular complexity index is 574. The first-order valence-corrected chi connectivity index (χ1v) is 4.19. The third kappa shape index (κ3) is 1.45. The quantitative estimate of drug-likeness (QED) is 0.511. The Morgan fingerprint density at radius 2 is 1.94 bits per heavy atom. The number of rotatable bonds is 2. The average Bonchev–Trinajstić information content (AvgIpc) is 2.41. The van der Waals surface area contributed by atoms with Crippen molar-refractivity contribution in [1.29, 1.82) is 0 Å². The lowest BCUT2D eigenvalue weighted by molar-refractivity contribution is -0.136. The predicted molar refractivity (Wildman–Crippen MR) is 48.0 cm³/mol. The highest BCUT2D eigenvalue weighted by molar-refractivity contribution is 6.20. The highest BCUT2D eigenvalue weighted by Gasteiger charge is 2.32. The van der Waals surface area contributed by atoms with E-state index in [-0.39, 0.29) is 17.1 Å². The normalized spacial score (nSPS) is 13.5. The van der Waals surface area contributed by atoms with Crippen LogP contribution in [-0.4, -0.2) is 32.9 Å². The summed E-state index contributed by atoms with van der Waals surface area (Å²) in [6.07, 6.45) is -0.524. The molecule has 0 unspecified atom stereocenters. The molecule has 3 N–H and O–H groups in total. The molecule has 0 aromatic carbocycles. The second-order valence-electron chi connectivity index (χ2n) is 3.09. The SMILES string of the molecule is O=C(O)Cc1nc2c(c(=O)[nH]1)C(=O)NC2=O. The van der Waals surface area contributed by atoms with Crippen LogP contribution < -0.4 is 10.9 Å². The van der Waals surface area contributed by atoms with Crippen molar-refractivity contribution in [2.24, 2.45) is 0 Å². The van der Waals surface area contributed by atoms with Crippen LogP contribution in [-0.2, 0) is 11.2 Å². The van der Waals surface area contributed by atoms with Crippen LogP contribution in [0.1, 0.15) is 26.7 Å². The van der Waals surface area contributed by atoms with Crippen molar-refractivity contribution in [2.45, 2.75) is 6.42 Å². The van der Waals surface area contributed by atoms with Crippen molar-refractivity contribution in [3.05, 3.63) is 27.4 Å². The standard InChI is InChI=1S/C8H5N3O5/c12-3(13)1-2-9-5-4(6(14)10-2)7(15)11-8(5)16/h1H2,(H,12,13)(H,9,10,14)(H,11,15,16). The number of carbonyl (C=O) groups is 3. The van der Waals surface area contributed by atoms with Crippen LogP contribution in [0.15, 0.2) is 4.79 Å². The number of aliphatic carboxylic acids is 1. The molecular weight excluding hydrogens is 218 g/mol. The van der Waals surface area contributed by atoms with Gasteiger partial charge in [0.15, 0.2) is 0 Å². The summed E-state index contributed by atoms with van der Waals surface area (Å²) in [6.45, 7) is 0. The summed E-state index contributed by atoms with van der Waals surface area (Å²) in [5, 5.41) is 10.4. The van der Waals surface area contributed by atoms with Gasteiger partial charge >= 0.3 is 5.97 Å². The van der Waals surface area contributed by atoms with Gasteiger partial charge in [0.25, 0.3) is 17.4 Å². The van der Waals surface area contributed by atoms with Gasteiger partial charge in [0.05, 0.1) is 0 Å². The van der Waals surface area contributed by atoms with Crippen LogP contribution in [0.25, 0.3) is 0 Å². The molecule has 2 amide bonds. The summed E-state index contributed by atoms with van der Waals surface area (Å²) >= 11 is 0. The van der Waals surface area contributed by atoms with Crippen LogP contribution in [0.2, 0.25) is 0 Å². The van der Waals surface area contributed by atoms with E-state index in [1.165, 1.54) is 0 Å². The molecule has 1 aromatic heterocycles. The molecule has 8 nitrogen and oxygen atoms in total. The largest absolute Gasteiger partial charge is 0.481 e. The maximum Gasteiger partial charge on any atom is 0.311 e. The van der Waals surface area contributed by atoms with Gasteiger partial charge in [-0.2, -0.15) is 0 Å². The van der Waals surface area contributed by atoms with Crippen LogP contribution in [0.3, 0.4) is 0 Å². The molecular formula is C8H5N3O5. The average molecular weight is 223 g/mol. The maximum atomic E-state index is 11.4. The molecule has 0 atom stereocenters. The van der Waals surface area contributed by atoms with E-state index in [9.17, 15) is 19.2 Å². The smallest absolute Gasteiger partial charge is 0.311 e. The van der Waals surface area contributed by atoms with E-state index in [4.69, 9.17) is 5.11 Å². The van der Waals surface area contributed by atoms with Crippen LogP contribution in [0.4, 0.5) is 0 Å². The zero-order valence-corrected chi connectivity index (χ0v) is 7.73. The van der Waals surface area contributed by atoms with E-state index in [2.05, 4.69) is 9.97 Å². The zero-order chi connectivity index (χ0) is 11.9. The number of nitrogens with zero attached hydrogens (tertiary/aromatic N) is 1. The predicted octanol–water partition coefficient (Wildman–Crippen LogP) is -1.72. The van der Waals surface area contributed by atoms with E-state index < -0.39 is 29.8 Å². The summed E-state index contributed by atoms with van der Waals surface area (Å²) in [7, 11) is 0. The van der Waals surface area contributed by atoms with Crippen LogP contribution in [0.5, 0.6) is 0 Å². The van der Waals surface area contributed by atoms with Gasteiger partial charge in [-0.3, -0.25) is 24.5 Å². The number of amides is 2. The number of aromatic amines is 1. The van der Waals surface area contributed by atoms with E-state index >= 15 is 0 Å². The van der Waals surface area contributed by atoms with Gasteiger partial charge in [-0.15, -0.1) is 0 Å². The van der Waals surface area contributed by atoms with Gasteiger partial charge < -0.3 is 10.1 Å². The van der Waals surface area contributed by atoms with Crippen molar-refractivity contribution in [3.8, 4) is 0 Å². The van der Waals surface area contributed by atoms with Crippen molar-refractivity contribution in [2.75, 3.05) is 0 Å². The molecule has 0 saturated carbocycles. The van der Waals surface area contributed by atoms with Crippen LogP contribution >= 0.6 is 0 Å². The number of fused-ring (bicyclic) bond motifs is 1. The lowest BCUT2D eigenvalue weighted by Crippen LogP contribution is -2.23. The Labute approximate surface area is 87.3 Å². The molecule has 16 heavy (non-hydrogen) atoms. The maximum absolute atomic E-state index is 11.4. The third-order valence-corrected chi connectivity index (χ3v) is 1.96. The molecule has 2 rings (SSSR count). The fourth-order valence-corrected chi connectivity index (χ4v) is 1.35. The summed E-state index contributed by atoms with van der Waals surface area (Å²) < 4.78 is 0. The third-order valence-electron chi connectivity index (χ3n) is 1.96. The summed E-state index contributed by atoms with van der Waals surface area (Å²) in [5.74, 6) is -2.98. The fourth-order valence-electron chi connectivity index (χ4n) is 1.35. The Hall–Kier alpha value is -2.51. The zero-order valence-electron chi connectivity index (χ0n) is 7.73. The molecule has 1 aliphatic heterocycles. The second kappa shape index (κ2) is 3.26. The summed E-state index contributed by atoms with van der Waals surface area (Å²) in [6, 6.07) is 0. The molecule has 0 fully saturated rings.